The molecule has 0 unspecified atom stereocenters. The molecule has 29 heteroatoms. The Morgan fingerprint density at radius 1 is 0.552 bits per heavy atom. The first-order valence-corrected chi connectivity index (χ1v) is 30.6. The van der Waals surface area contributed by atoms with Crippen molar-refractivity contribution >= 4 is 69.0 Å². The Hall–Kier alpha value is -4.61. The molecule has 8 atom stereocenters. The molecule has 0 aliphatic carbocycles. The SMILES string of the molecule is CC(=O)N[C@H](C(=O)OC(C)(C)C)[C@H](CN)CCCB1OC(C)(C)C(C)(C)O1.CC[C@H](N)C(=O)NC[C@H](CCCB(O)O)[C@H](N)C(=O)O.CC[C@H](NC(=O)OC(C)(C)C)C(=O)NC[C@H](CCCB1OC(C)(C)C(C)(C)O1)[C@H](NC(C)=O)C(=O)OC(C)(C)C. The molecule has 2 heterocycles. The summed E-state index contributed by atoms with van der Waals surface area (Å²) in [6.07, 6.45) is 4.77. The van der Waals surface area contributed by atoms with Crippen molar-refractivity contribution in [2.45, 2.75) is 285 Å². The van der Waals surface area contributed by atoms with Gasteiger partial charge in [-0.05, 0) is 175 Å². The number of ether oxygens (including phenoxy) is 3. The van der Waals surface area contributed by atoms with Gasteiger partial charge in [0.05, 0.1) is 28.4 Å². The van der Waals surface area contributed by atoms with E-state index in [1.807, 2.05) is 55.4 Å². The molecule has 0 radical (unpaired) electrons. The lowest BCUT2D eigenvalue weighted by molar-refractivity contribution is -0.161. The number of carboxylic acids is 1. The molecule has 5 amide bonds. The summed E-state index contributed by atoms with van der Waals surface area (Å²) in [4.78, 5) is 97.1. The second-order valence-electron chi connectivity index (χ2n) is 27.6. The van der Waals surface area contributed by atoms with Gasteiger partial charge in [-0.3, -0.25) is 24.0 Å². The topological polar surface area (TPSA) is 400 Å². The quantitative estimate of drug-likeness (QED) is 0.0273. The number of hydrogen-bond donors (Lipinski definition) is 11. The van der Waals surface area contributed by atoms with Crippen molar-refractivity contribution in [3.8, 4) is 0 Å². The molecule has 0 aromatic heterocycles. The number of amides is 5. The van der Waals surface area contributed by atoms with Gasteiger partial charge < -0.3 is 91.8 Å². The monoisotopic (exact) mass is 1240 g/mol. The molecule has 502 valence electrons. The zero-order valence-corrected chi connectivity index (χ0v) is 56.4. The highest BCUT2D eigenvalue weighted by atomic mass is 16.7. The van der Waals surface area contributed by atoms with E-state index < -0.39 is 120 Å². The first-order valence-electron chi connectivity index (χ1n) is 30.6. The van der Waals surface area contributed by atoms with Crippen LogP contribution in [0.4, 0.5) is 4.79 Å². The van der Waals surface area contributed by atoms with Crippen LogP contribution in [0.3, 0.4) is 0 Å². The fourth-order valence-corrected chi connectivity index (χ4v) is 8.85. The lowest BCUT2D eigenvalue weighted by atomic mass is 9.80. The standard InChI is InChI=1S/C28H52BN3O8.C19H37BN2O5.C11H24BN3O5/c1-13-20(32-24(36)38-26(6,7)8)22(34)30-17-19(21(31-18(2)33)23(35)37-25(3,4)5)15-14-16-29-39-27(9,10)28(11,12)40-29;1-13(23)22-15(16(24)25-17(2,3)4)14(12-21)10-9-11-20-26-18(5,6)19(7,8)27-20;1-2-8(13)10(16)15-6-7(9(14)11(17)18)4-3-5-12(19)20/h19-21H,13-17H2,1-12H3,(H,30,34)(H,31,33)(H,32,36);14-15H,9-12,21H2,1-8H3,(H,22,23);7-9,19-20H,2-6,13-14H2,1H3,(H,15,16)(H,17,18)/t19-,20-,21-;14-,15-;7-,8-,9-/m000/s1. The third-order valence-electron chi connectivity index (χ3n) is 15.0. The van der Waals surface area contributed by atoms with E-state index in [9.17, 15) is 38.4 Å². The summed E-state index contributed by atoms with van der Waals surface area (Å²) in [7, 11) is -2.13. The summed E-state index contributed by atoms with van der Waals surface area (Å²) < 4.78 is 40.5. The zero-order valence-electron chi connectivity index (χ0n) is 56.4. The fourth-order valence-electron chi connectivity index (χ4n) is 8.85. The highest BCUT2D eigenvalue weighted by molar-refractivity contribution is 6.45. The van der Waals surface area contributed by atoms with Gasteiger partial charge in [-0.2, -0.15) is 0 Å². The molecule has 14 N–H and O–H groups in total. The Kier molecular flexibility index (Phi) is 34.4. The third kappa shape index (κ3) is 32.1. The van der Waals surface area contributed by atoms with Crippen LogP contribution in [0.1, 0.15) is 197 Å². The highest BCUT2D eigenvalue weighted by Crippen LogP contribution is 2.39. The first kappa shape index (κ1) is 82.4. The van der Waals surface area contributed by atoms with Crippen LogP contribution in [0.25, 0.3) is 0 Å². The predicted octanol–water partition coefficient (Wildman–Crippen LogP) is 4.14. The van der Waals surface area contributed by atoms with Gasteiger partial charge in [-0.15, -0.1) is 0 Å². The molecule has 87 heavy (non-hydrogen) atoms. The molecule has 2 aliphatic rings. The number of esters is 2. The summed E-state index contributed by atoms with van der Waals surface area (Å²) in [5.74, 6) is -4.85. The summed E-state index contributed by atoms with van der Waals surface area (Å²) >= 11 is 0. The Labute approximate surface area is 519 Å². The second-order valence-corrected chi connectivity index (χ2v) is 27.6. The molecule has 26 nitrogen and oxygen atoms in total. The summed E-state index contributed by atoms with van der Waals surface area (Å²) in [5.41, 5.74) is 13.3. The van der Waals surface area contributed by atoms with Gasteiger partial charge in [0.1, 0.15) is 41.0 Å². The van der Waals surface area contributed by atoms with Crippen molar-refractivity contribution in [3.05, 3.63) is 0 Å². The second kappa shape index (κ2) is 36.3. The Morgan fingerprint density at radius 3 is 1.26 bits per heavy atom. The van der Waals surface area contributed by atoms with Crippen LogP contribution in [0.5, 0.6) is 0 Å². The van der Waals surface area contributed by atoms with E-state index >= 15 is 0 Å². The minimum atomic E-state index is -1.43. The Bertz CT molecular complexity index is 2160. The summed E-state index contributed by atoms with van der Waals surface area (Å²) in [6, 6.07) is -4.33. The molecule has 2 rings (SSSR count). The van der Waals surface area contributed by atoms with E-state index in [1.165, 1.54) is 13.8 Å². The molecule has 0 aromatic carbocycles. The normalized spacial score (nSPS) is 18.6. The fraction of sp³-hybridized carbons (Fsp3) is 0.862. The lowest BCUT2D eigenvalue weighted by Crippen LogP contribution is -2.53. The van der Waals surface area contributed by atoms with Gasteiger partial charge in [0, 0.05) is 44.7 Å². The smallest absolute Gasteiger partial charge is 0.457 e. The molecule has 0 aromatic rings. The number of nitrogens with two attached hydrogens (primary N) is 3. The van der Waals surface area contributed by atoms with Crippen molar-refractivity contribution < 1.29 is 86.3 Å². The van der Waals surface area contributed by atoms with E-state index in [-0.39, 0.29) is 62.0 Å². The Morgan fingerprint density at radius 2 is 0.920 bits per heavy atom. The van der Waals surface area contributed by atoms with Gasteiger partial charge in [-0.25, -0.2) is 14.4 Å². The zero-order chi connectivity index (χ0) is 67.9. The number of carbonyl (C=O) groups excluding carboxylic acids is 7. The third-order valence-corrected chi connectivity index (χ3v) is 15.0. The molecular formula is C58H113B3N8O18. The minimum Gasteiger partial charge on any atom is -0.480 e. The van der Waals surface area contributed by atoms with Crippen LogP contribution in [-0.2, 0) is 66.4 Å². The average molecular weight is 1240 g/mol. The molecule has 0 bridgehead atoms. The lowest BCUT2D eigenvalue weighted by Gasteiger charge is -2.32. The molecule has 0 saturated carbocycles. The van der Waals surface area contributed by atoms with E-state index in [4.69, 9.17) is 65.2 Å². The van der Waals surface area contributed by atoms with Crippen molar-refractivity contribution in [1.82, 2.24) is 26.6 Å². The first-order chi connectivity index (χ1) is 39.5. The van der Waals surface area contributed by atoms with E-state index in [0.717, 1.165) is 6.42 Å². The average Bonchev–Trinajstić information content (AvgIpc) is 1.85. The number of rotatable bonds is 30. The predicted molar refractivity (Wildman–Crippen MR) is 334 cm³/mol. The molecule has 2 fully saturated rings. The van der Waals surface area contributed by atoms with Gasteiger partial charge >= 0.3 is 45.4 Å². The molecule has 2 saturated heterocycles. The number of aliphatic carboxylic acids is 1. The van der Waals surface area contributed by atoms with Crippen molar-refractivity contribution in [1.29, 1.82) is 0 Å². The van der Waals surface area contributed by atoms with Gasteiger partial charge in [0.15, 0.2) is 0 Å². The maximum Gasteiger partial charge on any atom is 0.457 e. The van der Waals surface area contributed by atoms with Crippen molar-refractivity contribution in [3.63, 3.8) is 0 Å². The number of nitrogens with one attached hydrogen (secondary N) is 5. The summed E-state index contributed by atoms with van der Waals surface area (Å²) in [6.45, 7) is 38.5. The Balaban J connectivity index is 0.00000136. The number of carboxylic acid groups (broad SMARTS) is 1. The number of alkyl carbamates (subject to hydrolysis) is 1. The molecule has 0 spiro atoms. The van der Waals surface area contributed by atoms with Crippen LogP contribution in [-0.4, -0.2) is 173 Å². The van der Waals surface area contributed by atoms with Crippen molar-refractivity contribution in [2.24, 2.45) is 35.0 Å². The van der Waals surface area contributed by atoms with Gasteiger partial charge in [-0.1, -0.05) is 33.1 Å². The molecular weight excluding hydrogens is 1130 g/mol. The number of hydrogen-bond acceptors (Lipinski definition) is 20. The van der Waals surface area contributed by atoms with Crippen LogP contribution >= 0.6 is 0 Å². The molecule has 2 aliphatic heterocycles. The van der Waals surface area contributed by atoms with E-state index in [1.54, 1.807) is 76.2 Å². The highest BCUT2D eigenvalue weighted by Gasteiger charge is 2.52. The van der Waals surface area contributed by atoms with Gasteiger partial charge in [0.2, 0.25) is 23.6 Å². The van der Waals surface area contributed by atoms with Crippen molar-refractivity contribution in [2.75, 3.05) is 19.6 Å². The van der Waals surface area contributed by atoms with Crippen LogP contribution < -0.4 is 43.8 Å². The number of carbonyl (C=O) groups is 8. The summed E-state index contributed by atoms with van der Waals surface area (Å²) in [5, 5.41) is 39.9. The maximum absolute atomic E-state index is 13.2. The minimum absolute atomic E-state index is 0.0683. The van der Waals surface area contributed by atoms with E-state index in [2.05, 4.69) is 26.6 Å². The van der Waals surface area contributed by atoms with E-state index in [0.29, 0.717) is 57.6 Å². The van der Waals surface area contributed by atoms with Crippen LogP contribution in [0.15, 0.2) is 0 Å². The largest absolute Gasteiger partial charge is 0.480 e. The van der Waals surface area contributed by atoms with Crippen LogP contribution in [0.2, 0.25) is 19.0 Å². The van der Waals surface area contributed by atoms with Crippen LogP contribution in [0, 0.1) is 17.8 Å². The maximum atomic E-state index is 13.2. The van der Waals surface area contributed by atoms with Gasteiger partial charge in [0.25, 0.3) is 0 Å².